The number of nitro groups is 1. The van der Waals surface area contributed by atoms with Gasteiger partial charge in [-0.15, -0.1) is 0 Å². The second-order valence-electron chi connectivity index (χ2n) is 5.56. The third kappa shape index (κ3) is 4.91. The van der Waals surface area contributed by atoms with Crippen molar-refractivity contribution in [3.63, 3.8) is 0 Å². The normalized spacial score (nSPS) is 11.0. The summed E-state index contributed by atoms with van der Waals surface area (Å²) in [7, 11) is -2.75. The quantitative estimate of drug-likeness (QED) is 0.547. The van der Waals surface area contributed by atoms with Crippen molar-refractivity contribution in [1.29, 1.82) is 0 Å². The van der Waals surface area contributed by atoms with E-state index in [4.69, 9.17) is 4.74 Å². The molecule has 150 valence electrons. The van der Waals surface area contributed by atoms with Gasteiger partial charge in [-0.25, -0.2) is 17.2 Å². The number of hydrogen-bond donors (Lipinski definition) is 1. The van der Waals surface area contributed by atoms with Crippen LogP contribution in [0.2, 0.25) is 0 Å². The Bertz CT molecular complexity index is 1030. The van der Waals surface area contributed by atoms with Crippen molar-refractivity contribution in [1.82, 2.24) is 0 Å². The second-order valence-corrected chi connectivity index (χ2v) is 7.46. The van der Waals surface area contributed by atoms with E-state index in [2.05, 4.69) is 5.32 Å². The number of halogens is 2. The Balaban J connectivity index is 2.31. The van der Waals surface area contributed by atoms with Crippen molar-refractivity contribution in [2.75, 3.05) is 29.5 Å². The lowest BCUT2D eigenvalue weighted by Gasteiger charge is -2.22. The van der Waals surface area contributed by atoms with E-state index >= 15 is 0 Å². The van der Waals surface area contributed by atoms with Crippen LogP contribution in [0, 0.1) is 21.7 Å². The maximum atomic E-state index is 13.5. The SMILES string of the molecule is COc1ccc([N+](=O)[O-])cc1NC(=O)CN(c1ccc(F)c(F)c1)S(C)(=O)=O. The molecule has 0 aliphatic rings. The number of hydrogen-bond acceptors (Lipinski definition) is 6. The molecule has 0 aromatic heterocycles. The molecule has 0 spiro atoms. The first-order valence-corrected chi connectivity index (χ1v) is 9.43. The van der Waals surface area contributed by atoms with Crippen LogP contribution in [0.1, 0.15) is 0 Å². The molecule has 0 radical (unpaired) electrons. The number of sulfonamides is 1. The molecule has 0 fully saturated rings. The fourth-order valence-corrected chi connectivity index (χ4v) is 3.12. The van der Waals surface area contributed by atoms with E-state index in [1.54, 1.807) is 0 Å². The third-order valence-electron chi connectivity index (χ3n) is 3.55. The number of non-ortho nitro benzene ring substituents is 1. The van der Waals surface area contributed by atoms with Gasteiger partial charge in [-0.3, -0.25) is 19.2 Å². The van der Waals surface area contributed by atoms with Crippen LogP contribution in [0.5, 0.6) is 5.75 Å². The summed E-state index contributed by atoms with van der Waals surface area (Å²) in [6.07, 6.45) is 0.787. The van der Waals surface area contributed by atoms with Crippen LogP contribution in [0.15, 0.2) is 36.4 Å². The highest BCUT2D eigenvalue weighted by Gasteiger charge is 2.23. The molecule has 1 N–H and O–H groups in total. The first-order valence-electron chi connectivity index (χ1n) is 7.58. The van der Waals surface area contributed by atoms with Crippen molar-refractivity contribution in [3.05, 3.63) is 58.1 Å². The van der Waals surface area contributed by atoms with Gasteiger partial charge < -0.3 is 10.1 Å². The Morgan fingerprint density at radius 1 is 1.21 bits per heavy atom. The van der Waals surface area contributed by atoms with Gasteiger partial charge in [-0.05, 0) is 18.2 Å². The zero-order chi connectivity index (χ0) is 21.1. The number of rotatable bonds is 7. The number of carbonyl (C=O) groups excluding carboxylic acids is 1. The highest BCUT2D eigenvalue weighted by Crippen LogP contribution is 2.29. The van der Waals surface area contributed by atoms with Gasteiger partial charge in [0.15, 0.2) is 11.6 Å². The summed E-state index contributed by atoms with van der Waals surface area (Å²) in [5.41, 5.74) is -0.639. The number of nitro benzene ring substituents is 1. The largest absolute Gasteiger partial charge is 0.495 e. The molecule has 2 aromatic rings. The Kier molecular flexibility index (Phi) is 6.13. The average Bonchev–Trinajstić information content (AvgIpc) is 2.61. The molecule has 0 saturated heterocycles. The summed E-state index contributed by atoms with van der Waals surface area (Å²) < 4.78 is 56.1. The molecule has 28 heavy (non-hydrogen) atoms. The van der Waals surface area contributed by atoms with E-state index in [0.29, 0.717) is 10.4 Å². The van der Waals surface area contributed by atoms with E-state index in [9.17, 15) is 32.1 Å². The van der Waals surface area contributed by atoms with E-state index < -0.39 is 39.0 Å². The second kappa shape index (κ2) is 8.17. The summed E-state index contributed by atoms with van der Waals surface area (Å²) in [6, 6.07) is 5.83. The van der Waals surface area contributed by atoms with Gasteiger partial charge in [0.05, 0.1) is 29.7 Å². The lowest BCUT2D eigenvalue weighted by Crippen LogP contribution is -2.37. The van der Waals surface area contributed by atoms with Crippen LogP contribution in [0.25, 0.3) is 0 Å². The summed E-state index contributed by atoms with van der Waals surface area (Å²) >= 11 is 0. The molecule has 9 nitrogen and oxygen atoms in total. The van der Waals surface area contributed by atoms with Crippen LogP contribution in [-0.2, 0) is 14.8 Å². The van der Waals surface area contributed by atoms with Crippen LogP contribution in [0.4, 0.5) is 25.8 Å². The van der Waals surface area contributed by atoms with E-state index in [-0.39, 0.29) is 22.8 Å². The van der Waals surface area contributed by atoms with Gasteiger partial charge in [-0.1, -0.05) is 0 Å². The third-order valence-corrected chi connectivity index (χ3v) is 4.69. The van der Waals surface area contributed by atoms with Crippen molar-refractivity contribution >= 4 is 33.0 Å². The number of nitrogens with one attached hydrogen (secondary N) is 1. The van der Waals surface area contributed by atoms with Crippen molar-refractivity contribution in [2.45, 2.75) is 0 Å². The smallest absolute Gasteiger partial charge is 0.271 e. The number of amides is 1. The van der Waals surface area contributed by atoms with Crippen molar-refractivity contribution in [3.8, 4) is 5.75 Å². The molecule has 0 heterocycles. The Morgan fingerprint density at radius 3 is 2.43 bits per heavy atom. The standard InChI is InChI=1S/C16H15F2N3O6S/c1-27-15-6-4-11(21(23)24)8-14(15)19-16(22)9-20(28(2,25)26)10-3-5-12(17)13(18)7-10/h3-8H,9H2,1-2H3,(H,19,22). The predicted octanol–water partition coefficient (Wildman–Crippen LogP) is 2.29. The van der Waals surface area contributed by atoms with Crippen molar-refractivity contribution in [2.24, 2.45) is 0 Å². The van der Waals surface area contributed by atoms with Gasteiger partial charge >= 0.3 is 0 Å². The monoisotopic (exact) mass is 415 g/mol. The first kappa shape index (κ1) is 21.0. The number of benzene rings is 2. The molecule has 12 heteroatoms. The van der Waals surface area contributed by atoms with E-state index in [1.807, 2.05) is 0 Å². The number of nitrogens with zero attached hydrogens (tertiary/aromatic N) is 2. The molecule has 0 aliphatic heterocycles. The minimum absolute atomic E-state index is 0.0552. The molecule has 0 bridgehead atoms. The number of ether oxygens (including phenoxy) is 1. The van der Waals surface area contributed by atoms with Gasteiger partial charge in [0.25, 0.3) is 5.69 Å². The highest BCUT2D eigenvalue weighted by molar-refractivity contribution is 7.92. The zero-order valence-corrected chi connectivity index (χ0v) is 15.5. The molecule has 0 unspecified atom stereocenters. The molecular formula is C16H15F2N3O6S. The maximum absolute atomic E-state index is 13.5. The molecule has 0 saturated carbocycles. The number of anilines is 2. The molecular weight excluding hydrogens is 400 g/mol. The summed E-state index contributed by atoms with van der Waals surface area (Å²) in [4.78, 5) is 22.5. The minimum atomic E-state index is -4.03. The van der Waals surface area contributed by atoms with Gasteiger partial charge in [0.2, 0.25) is 15.9 Å². The van der Waals surface area contributed by atoms with Gasteiger partial charge in [-0.2, -0.15) is 0 Å². The van der Waals surface area contributed by atoms with Crippen LogP contribution in [0.3, 0.4) is 0 Å². The lowest BCUT2D eigenvalue weighted by atomic mass is 10.2. The molecule has 2 rings (SSSR count). The van der Waals surface area contributed by atoms with Gasteiger partial charge in [0, 0.05) is 18.2 Å². The first-order chi connectivity index (χ1) is 13.0. The summed E-state index contributed by atoms with van der Waals surface area (Å²) in [5, 5.41) is 13.2. The molecule has 1 amide bonds. The zero-order valence-electron chi connectivity index (χ0n) is 14.7. The topological polar surface area (TPSA) is 119 Å². The molecule has 0 aliphatic carbocycles. The maximum Gasteiger partial charge on any atom is 0.271 e. The lowest BCUT2D eigenvalue weighted by molar-refractivity contribution is -0.384. The summed E-state index contributed by atoms with van der Waals surface area (Å²) in [5.74, 6) is -3.23. The number of carbonyl (C=O) groups is 1. The predicted molar refractivity (Wildman–Crippen MR) is 96.8 cm³/mol. The molecule has 2 aromatic carbocycles. The Hall–Kier alpha value is -3.28. The summed E-state index contributed by atoms with van der Waals surface area (Å²) in [6.45, 7) is -0.782. The molecule has 0 atom stereocenters. The van der Waals surface area contributed by atoms with Crippen molar-refractivity contribution < 1.29 is 31.7 Å². The fourth-order valence-electron chi connectivity index (χ4n) is 2.27. The van der Waals surface area contributed by atoms with Crippen LogP contribution in [-0.4, -0.2) is 39.2 Å². The van der Waals surface area contributed by atoms with Crippen LogP contribution < -0.4 is 14.4 Å². The van der Waals surface area contributed by atoms with Crippen LogP contribution >= 0.6 is 0 Å². The number of methoxy groups -OCH3 is 1. The minimum Gasteiger partial charge on any atom is -0.495 e. The fraction of sp³-hybridized carbons (Fsp3) is 0.188. The average molecular weight is 415 g/mol. The Morgan fingerprint density at radius 2 is 1.89 bits per heavy atom. The Labute approximate surface area is 158 Å². The van der Waals surface area contributed by atoms with E-state index in [0.717, 1.165) is 24.5 Å². The van der Waals surface area contributed by atoms with Gasteiger partial charge in [0.1, 0.15) is 12.3 Å². The highest BCUT2D eigenvalue weighted by atomic mass is 32.2. The van der Waals surface area contributed by atoms with E-state index in [1.165, 1.54) is 19.2 Å².